The number of non-ortho nitro benzene ring substituents is 1. The summed E-state index contributed by atoms with van der Waals surface area (Å²) >= 11 is 0. The van der Waals surface area contributed by atoms with E-state index in [1.165, 1.54) is 12.1 Å². The summed E-state index contributed by atoms with van der Waals surface area (Å²) in [6.45, 7) is 1.95. The highest BCUT2D eigenvalue weighted by Gasteiger charge is 2.29. The predicted molar refractivity (Wildman–Crippen MR) is 68.4 cm³/mol. The fourth-order valence-electron chi connectivity index (χ4n) is 1.87. The minimum absolute atomic E-state index is 0.0467. The molecule has 2 aromatic rings. The van der Waals surface area contributed by atoms with Crippen molar-refractivity contribution in [2.75, 3.05) is 0 Å². The van der Waals surface area contributed by atoms with Gasteiger partial charge in [-0.25, -0.2) is 0 Å². The zero-order chi connectivity index (χ0) is 14.1. The van der Waals surface area contributed by atoms with Crippen LogP contribution in [-0.2, 0) is 6.61 Å². The van der Waals surface area contributed by atoms with Crippen LogP contribution in [0.3, 0.4) is 0 Å². The van der Waals surface area contributed by atoms with Crippen LogP contribution in [-0.4, -0.2) is 15.1 Å². The maximum atomic E-state index is 10.6. The first-order chi connectivity index (χ1) is 9.63. The summed E-state index contributed by atoms with van der Waals surface area (Å²) < 4.78 is 10.7. The summed E-state index contributed by atoms with van der Waals surface area (Å²) in [6, 6.07) is 4.46. The van der Waals surface area contributed by atoms with Crippen molar-refractivity contribution in [3.8, 4) is 5.75 Å². The number of ether oxygens (including phenoxy) is 1. The molecule has 104 valence electrons. The topological polar surface area (TPSA) is 91.3 Å². The second-order valence-corrected chi connectivity index (χ2v) is 4.82. The van der Waals surface area contributed by atoms with Gasteiger partial charge < -0.3 is 9.26 Å². The van der Waals surface area contributed by atoms with Gasteiger partial charge in [0.2, 0.25) is 11.7 Å². The Kier molecular flexibility index (Phi) is 3.09. The third-order valence-corrected chi connectivity index (χ3v) is 3.14. The van der Waals surface area contributed by atoms with Gasteiger partial charge in [0.1, 0.15) is 5.75 Å². The number of nitro benzene ring substituents is 1. The molecule has 1 aliphatic carbocycles. The zero-order valence-corrected chi connectivity index (χ0v) is 10.9. The molecule has 7 heteroatoms. The molecular formula is C13H13N3O4. The fraction of sp³-hybridized carbons (Fsp3) is 0.385. The highest BCUT2D eigenvalue weighted by Crippen LogP contribution is 2.38. The number of hydrogen-bond donors (Lipinski definition) is 0. The third-order valence-electron chi connectivity index (χ3n) is 3.14. The molecule has 1 saturated carbocycles. The minimum Gasteiger partial charge on any atom is -0.485 e. The summed E-state index contributed by atoms with van der Waals surface area (Å²) in [6.07, 6.45) is 2.20. The Morgan fingerprint density at radius 2 is 2.30 bits per heavy atom. The van der Waals surface area contributed by atoms with E-state index in [1.807, 2.05) is 0 Å². The quantitative estimate of drug-likeness (QED) is 0.615. The highest BCUT2D eigenvalue weighted by molar-refractivity contribution is 5.42. The number of hydrogen-bond acceptors (Lipinski definition) is 6. The second-order valence-electron chi connectivity index (χ2n) is 4.82. The number of aryl methyl sites for hydroxylation is 1. The van der Waals surface area contributed by atoms with Crippen molar-refractivity contribution in [1.82, 2.24) is 10.1 Å². The number of nitrogens with zero attached hydrogens (tertiary/aromatic N) is 3. The van der Waals surface area contributed by atoms with Crippen LogP contribution in [0.15, 0.2) is 22.7 Å². The molecule has 0 atom stereocenters. The Balaban J connectivity index is 1.66. The summed E-state index contributed by atoms with van der Waals surface area (Å²) in [5.74, 6) is 2.15. The van der Waals surface area contributed by atoms with E-state index in [0.717, 1.165) is 12.8 Å². The number of nitro groups is 1. The minimum atomic E-state index is -0.433. The van der Waals surface area contributed by atoms with Gasteiger partial charge in [0.25, 0.3) is 5.69 Å². The van der Waals surface area contributed by atoms with Gasteiger partial charge in [-0.15, -0.1) is 0 Å². The molecule has 3 rings (SSSR count). The van der Waals surface area contributed by atoms with Gasteiger partial charge in [0.05, 0.1) is 4.92 Å². The maximum Gasteiger partial charge on any atom is 0.269 e. The van der Waals surface area contributed by atoms with Gasteiger partial charge in [-0.05, 0) is 31.4 Å². The lowest BCUT2D eigenvalue weighted by molar-refractivity contribution is -0.384. The molecule has 0 bridgehead atoms. The molecular weight excluding hydrogens is 262 g/mol. The molecule has 1 aliphatic rings. The maximum absolute atomic E-state index is 10.6. The summed E-state index contributed by atoms with van der Waals surface area (Å²) in [5, 5.41) is 14.5. The molecule has 1 aromatic carbocycles. The highest BCUT2D eigenvalue weighted by atomic mass is 16.6. The van der Waals surface area contributed by atoms with Crippen molar-refractivity contribution in [2.45, 2.75) is 32.3 Å². The van der Waals surface area contributed by atoms with E-state index in [1.54, 1.807) is 13.0 Å². The molecule has 1 heterocycles. The van der Waals surface area contributed by atoms with Crippen molar-refractivity contribution in [3.63, 3.8) is 0 Å². The van der Waals surface area contributed by atoms with Gasteiger partial charge in [-0.1, -0.05) is 5.16 Å². The first-order valence-electron chi connectivity index (χ1n) is 6.34. The molecule has 0 radical (unpaired) electrons. The number of rotatable bonds is 5. The second kappa shape index (κ2) is 4.92. The molecule has 1 aromatic heterocycles. The Morgan fingerprint density at radius 1 is 1.50 bits per heavy atom. The Hall–Kier alpha value is -2.44. The monoisotopic (exact) mass is 275 g/mol. The molecule has 0 spiro atoms. The van der Waals surface area contributed by atoms with E-state index in [0.29, 0.717) is 28.9 Å². The van der Waals surface area contributed by atoms with Gasteiger partial charge in [0, 0.05) is 18.1 Å². The molecule has 0 amide bonds. The fourth-order valence-corrected chi connectivity index (χ4v) is 1.87. The summed E-state index contributed by atoms with van der Waals surface area (Å²) in [5.41, 5.74) is 0.746. The average Bonchev–Trinajstić information content (AvgIpc) is 3.17. The van der Waals surface area contributed by atoms with Crippen LogP contribution in [0.25, 0.3) is 0 Å². The number of aromatic nitrogens is 2. The van der Waals surface area contributed by atoms with Crippen molar-refractivity contribution < 1.29 is 14.2 Å². The molecule has 0 aliphatic heterocycles. The van der Waals surface area contributed by atoms with Gasteiger partial charge in [-0.3, -0.25) is 10.1 Å². The van der Waals surface area contributed by atoms with E-state index >= 15 is 0 Å². The van der Waals surface area contributed by atoms with Crippen LogP contribution in [0.5, 0.6) is 5.75 Å². The van der Waals surface area contributed by atoms with Crippen molar-refractivity contribution in [3.05, 3.63) is 45.6 Å². The summed E-state index contributed by atoms with van der Waals surface area (Å²) in [7, 11) is 0. The predicted octanol–water partition coefficient (Wildman–Crippen LogP) is 2.74. The largest absolute Gasteiger partial charge is 0.485 e. The molecule has 1 fully saturated rings. The Labute approximate surface area is 114 Å². The Morgan fingerprint density at radius 3 is 2.95 bits per heavy atom. The van der Waals surface area contributed by atoms with Gasteiger partial charge in [-0.2, -0.15) is 4.98 Å². The lowest BCUT2D eigenvalue weighted by Gasteiger charge is -2.06. The normalized spacial score (nSPS) is 14.2. The van der Waals surface area contributed by atoms with E-state index in [9.17, 15) is 10.1 Å². The van der Waals surface area contributed by atoms with Crippen molar-refractivity contribution in [1.29, 1.82) is 0 Å². The van der Waals surface area contributed by atoms with Crippen LogP contribution in [0.2, 0.25) is 0 Å². The molecule has 0 N–H and O–H groups in total. The summed E-state index contributed by atoms with van der Waals surface area (Å²) in [4.78, 5) is 14.5. The first-order valence-corrected chi connectivity index (χ1v) is 6.34. The van der Waals surface area contributed by atoms with Crippen LogP contribution < -0.4 is 4.74 Å². The number of benzene rings is 1. The van der Waals surface area contributed by atoms with Gasteiger partial charge >= 0.3 is 0 Å². The first kappa shape index (κ1) is 12.6. The van der Waals surface area contributed by atoms with Crippen LogP contribution in [0.4, 0.5) is 5.69 Å². The van der Waals surface area contributed by atoms with Crippen LogP contribution >= 0.6 is 0 Å². The lowest BCUT2D eigenvalue weighted by Crippen LogP contribution is -1.99. The smallest absolute Gasteiger partial charge is 0.269 e. The van der Waals surface area contributed by atoms with E-state index in [2.05, 4.69) is 10.1 Å². The lowest BCUT2D eigenvalue weighted by atomic mass is 10.2. The SMILES string of the molecule is Cc1cc([N+](=O)[O-])ccc1OCc1noc(C2CC2)n1. The molecule has 0 saturated heterocycles. The van der Waals surface area contributed by atoms with E-state index < -0.39 is 4.92 Å². The third kappa shape index (κ3) is 2.61. The molecule has 7 nitrogen and oxygen atoms in total. The Bertz CT molecular complexity index is 649. The van der Waals surface area contributed by atoms with Gasteiger partial charge in [0.15, 0.2) is 6.61 Å². The zero-order valence-electron chi connectivity index (χ0n) is 10.9. The van der Waals surface area contributed by atoms with Crippen LogP contribution in [0.1, 0.15) is 36.0 Å². The molecule has 20 heavy (non-hydrogen) atoms. The molecule has 0 unspecified atom stereocenters. The van der Waals surface area contributed by atoms with Crippen LogP contribution in [0, 0.1) is 17.0 Å². The average molecular weight is 275 g/mol. The standard InChI is InChI=1S/C13H13N3O4/c1-8-6-10(16(17)18)4-5-11(8)19-7-12-14-13(20-15-12)9-2-3-9/h4-6,9H,2-3,7H2,1H3. The van der Waals surface area contributed by atoms with Crippen molar-refractivity contribution >= 4 is 5.69 Å². The van der Waals surface area contributed by atoms with E-state index in [-0.39, 0.29) is 12.3 Å². The van der Waals surface area contributed by atoms with E-state index in [4.69, 9.17) is 9.26 Å². The van der Waals surface area contributed by atoms with Crippen molar-refractivity contribution in [2.24, 2.45) is 0 Å².